The molecule has 2 heterocycles. The number of hydrogen-bond donors (Lipinski definition) is 3. The van der Waals surface area contributed by atoms with Crippen molar-refractivity contribution in [3.63, 3.8) is 0 Å². The first kappa shape index (κ1) is 18.4. The standard InChI is InChI=1S/C17H20N2O6S/c1-2-8-19-14(21)10(13(20)18-16(19)26)9-11-12(15(22)23)25-17(24-11)6-4-3-5-7-17/h2,9,12,21H,1,3-8H2,(H,22,23)(H,18,20,26)/t12-/m1/s1. The van der Waals surface area contributed by atoms with Gasteiger partial charge in [-0.2, -0.15) is 0 Å². The van der Waals surface area contributed by atoms with Crippen LogP contribution in [0.4, 0.5) is 0 Å². The predicted molar refractivity (Wildman–Crippen MR) is 95.1 cm³/mol. The number of aromatic hydroxyl groups is 1. The van der Waals surface area contributed by atoms with Gasteiger partial charge in [-0.3, -0.25) is 14.3 Å². The molecule has 8 nitrogen and oxygen atoms in total. The Morgan fingerprint density at radius 3 is 2.73 bits per heavy atom. The van der Waals surface area contributed by atoms with E-state index in [2.05, 4.69) is 11.6 Å². The van der Waals surface area contributed by atoms with Gasteiger partial charge in [-0.1, -0.05) is 12.5 Å². The van der Waals surface area contributed by atoms with Crippen LogP contribution in [0.15, 0.2) is 23.2 Å². The number of rotatable bonds is 4. The lowest BCUT2D eigenvalue weighted by atomic mass is 9.94. The third-order valence-electron chi connectivity index (χ3n) is 4.54. The molecule has 0 bridgehead atoms. The molecule has 1 saturated heterocycles. The highest BCUT2D eigenvalue weighted by atomic mass is 32.1. The van der Waals surface area contributed by atoms with Gasteiger partial charge in [-0.05, 0) is 31.1 Å². The van der Waals surface area contributed by atoms with E-state index in [0.29, 0.717) is 12.8 Å². The van der Waals surface area contributed by atoms with E-state index >= 15 is 0 Å². The van der Waals surface area contributed by atoms with Crippen molar-refractivity contribution in [3.8, 4) is 5.88 Å². The lowest BCUT2D eigenvalue weighted by Gasteiger charge is -2.31. The van der Waals surface area contributed by atoms with Crippen molar-refractivity contribution in [2.24, 2.45) is 0 Å². The summed E-state index contributed by atoms with van der Waals surface area (Å²) in [5.41, 5.74) is -0.782. The molecule has 1 aliphatic heterocycles. The maximum atomic E-state index is 12.2. The van der Waals surface area contributed by atoms with E-state index < -0.39 is 23.4 Å². The number of carboxylic acids is 1. The third kappa shape index (κ3) is 3.32. The zero-order valence-electron chi connectivity index (χ0n) is 14.1. The Kier molecular flexibility index (Phi) is 5.01. The fraction of sp³-hybridized carbons (Fsp3) is 0.471. The minimum absolute atomic E-state index is 0.0116. The molecule has 0 amide bonds. The Balaban J connectivity index is 2.06. The van der Waals surface area contributed by atoms with E-state index in [0.717, 1.165) is 19.3 Å². The second-order valence-electron chi connectivity index (χ2n) is 6.35. The van der Waals surface area contributed by atoms with Crippen LogP contribution < -0.4 is 5.56 Å². The molecule has 9 heteroatoms. The van der Waals surface area contributed by atoms with Gasteiger partial charge in [0.1, 0.15) is 11.3 Å². The van der Waals surface area contributed by atoms with Crippen molar-refractivity contribution in [1.29, 1.82) is 0 Å². The van der Waals surface area contributed by atoms with E-state index in [4.69, 9.17) is 21.7 Å². The first-order valence-corrected chi connectivity index (χ1v) is 8.76. The Hall–Kier alpha value is -2.39. The van der Waals surface area contributed by atoms with Crippen LogP contribution in [0, 0.1) is 4.77 Å². The maximum absolute atomic E-state index is 12.2. The number of aromatic nitrogens is 2. The molecular weight excluding hydrogens is 360 g/mol. The number of hydrogen-bond acceptors (Lipinski definition) is 6. The summed E-state index contributed by atoms with van der Waals surface area (Å²) in [5.74, 6) is -2.59. The average molecular weight is 380 g/mol. The summed E-state index contributed by atoms with van der Waals surface area (Å²) in [6.07, 6.45) is 5.33. The van der Waals surface area contributed by atoms with E-state index in [1.165, 1.54) is 16.7 Å². The highest BCUT2D eigenvalue weighted by molar-refractivity contribution is 7.71. The van der Waals surface area contributed by atoms with Gasteiger partial charge in [0.05, 0.1) is 0 Å². The second kappa shape index (κ2) is 7.08. The third-order valence-corrected chi connectivity index (χ3v) is 4.86. The first-order chi connectivity index (χ1) is 12.4. The Morgan fingerprint density at radius 1 is 1.42 bits per heavy atom. The van der Waals surface area contributed by atoms with Gasteiger partial charge in [0.15, 0.2) is 4.77 Å². The molecule has 1 saturated carbocycles. The molecule has 2 fully saturated rings. The van der Waals surface area contributed by atoms with E-state index in [1.807, 2.05) is 0 Å². The van der Waals surface area contributed by atoms with Crippen molar-refractivity contribution in [2.45, 2.75) is 50.5 Å². The lowest BCUT2D eigenvalue weighted by Crippen LogP contribution is -2.34. The number of nitrogens with one attached hydrogen (secondary N) is 1. The van der Waals surface area contributed by atoms with Crippen LogP contribution in [0.3, 0.4) is 0 Å². The van der Waals surface area contributed by atoms with Crippen molar-refractivity contribution < 1.29 is 24.5 Å². The van der Waals surface area contributed by atoms with Crippen molar-refractivity contribution >= 4 is 24.3 Å². The minimum Gasteiger partial charge on any atom is -0.494 e. The number of aliphatic carboxylic acids is 1. The number of carbonyl (C=O) groups is 1. The molecule has 3 rings (SSSR count). The topological polar surface area (TPSA) is 114 Å². The summed E-state index contributed by atoms with van der Waals surface area (Å²) in [6, 6.07) is 0. The number of H-pyrrole nitrogens is 1. The number of ether oxygens (including phenoxy) is 2. The SMILES string of the molecule is C=CCn1c(O)c(C=C2OC3(CCCCC3)O[C@H]2C(=O)O)c(=O)[nH]c1=S. The molecule has 2 aliphatic rings. The summed E-state index contributed by atoms with van der Waals surface area (Å²) >= 11 is 5.03. The zero-order chi connectivity index (χ0) is 18.9. The number of allylic oxidation sites excluding steroid dienone is 1. The van der Waals surface area contributed by atoms with E-state index in [-0.39, 0.29) is 28.5 Å². The fourth-order valence-corrected chi connectivity index (χ4v) is 3.55. The van der Waals surface area contributed by atoms with Crippen LogP contribution in [0.25, 0.3) is 6.08 Å². The van der Waals surface area contributed by atoms with Crippen LogP contribution in [0.1, 0.15) is 37.7 Å². The number of nitrogens with zero attached hydrogens (tertiary/aromatic N) is 1. The molecule has 140 valence electrons. The number of carboxylic acid groups (broad SMARTS) is 1. The van der Waals surface area contributed by atoms with Gasteiger partial charge in [-0.25, -0.2) is 4.79 Å². The molecule has 0 unspecified atom stereocenters. The second-order valence-corrected chi connectivity index (χ2v) is 6.74. The molecule has 3 N–H and O–H groups in total. The van der Waals surface area contributed by atoms with Crippen LogP contribution in [0.5, 0.6) is 5.88 Å². The Morgan fingerprint density at radius 2 is 2.12 bits per heavy atom. The summed E-state index contributed by atoms with van der Waals surface area (Å²) in [7, 11) is 0. The maximum Gasteiger partial charge on any atom is 0.340 e. The number of aromatic amines is 1. The summed E-state index contributed by atoms with van der Waals surface area (Å²) < 4.78 is 12.9. The molecule has 1 aliphatic carbocycles. The van der Waals surface area contributed by atoms with Crippen molar-refractivity contribution in [2.75, 3.05) is 0 Å². The van der Waals surface area contributed by atoms with Crippen molar-refractivity contribution in [3.05, 3.63) is 39.1 Å². The fourth-order valence-electron chi connectivity index (χ4n) is 3.30. The van der Waals surface area contributed by atoms with Gasteiger partial charge in [0.25, 0.3) is 5.56 Å². The van der Waals surface area contributed by atoms with Gasteiger partial charge in [0.2, 0.25) is 17.8 Å². The summed E-state index contributed by atoms with van der Waals surface area (Å²) in [4.78, 5) is 26.3. The first-order valence-electron chi connectivity index (χ1n) is 8.35. The molecule has 26 heavy (non-hydrogen) atoms. The van der Waals surface area contributed by atoms with Gasteiger partial charge >= 0.3 is 5.97 Å². The monoisotopic (exact) mass is 380 g/mol. The molecule has 0 aromatic carbocycles. The molecular formula is C17H20N2O6S. The Labute approximate surface area is 154 Å². The quantitative estimate of drug-likeness (QED) is 0.542. The largest absolute Gasteiger partial charge is 0.494 e. The molecule has 0 radical (unpaired) electrons. The molecule has 1 atom stereocenters. The lowest BCUT2D eigenvalue weighted by molar-refractivity contribution is -0.191. The zero-order valence-corrected chi connectivity index (χ0v) is 14.9. The highest BCUT2D eigenvalue weighted by Crippen LogP contribution is 2.42. The minimum atomic E-state index is -1.33. The summed E-state index contributed by atoms with van der Waals surface area (Å²) in [6.45, 7) is 3.76. The molecule has 1 aromatic heterocycles. The van der Waals surface area contributed by atoms with Crippen LogP contribution in [-0.4, -0.2) is 37.6 Å². The van der Waals surface area contributed by atoms with E-state index in [1.54, 1.807) is 0 Å². The van der Waals surface area contributed by atoms with Crippen LogP contribution in [0.2, 0.25) is 0 Å². The van der Waals surface area contributed by atoms with Gasteiger partial charge < -0.3 is 19.7 Å². The van der Waals surface area contributed by atoms with Gasteiger partial charge in [-0.15, -0.1) is 6.58 Å². The Bertz CT molecular complexity index is 878. The van der Waals surface area contributed by atoms with Gasteiger partial charge in [0, 0.05) is 19.4 Å². The highest BCUT2D eigenvalue weighted by Gasteiger charge is 2.49. The van der Waals surface area contributed by atoms with Crippen LogP contribution in [-0.2, 0) is 20.8 Å². The summed E-state index contributed by atoms with van der Waals surface area (Å²) in [5, 5.41) is 19.9. The van der Waals surface area contributed by atoms with E-state index in [9.17, 15) is 19.8 Å². The smallest absolute Gasteiger partial charge is 0.340 e. The normalized spacial score (nSPS) is 23.1. The van der Waals surface area contributed by atoms with Crippen LogP contribution >= 0.6 is 12.2 Å². The predicted octanol–water partition coefficient (Wildman–Crippen LogP) is 2.30. The van der Waals surface area contributed by atoms with Crippen molar-refractivity contribution in [1.82, 2.24) is 9.55 Å². The average Bonchev–Trinajstić information content (AvgIpc) is 2.94. The molecule has 1 aromatic rings. The molecule has 1 spiro atoms.